The van der Waals surface area contributed by atoms with Crippen molar-refractivity contribution >= 4 is 10.9 Å². The van der Waals surface area contributed by atoms with Gasteiger partial charge in [0.2, 0.25) is 0 Å². The van der Waals surface area contributed by atoms with Gasteiger partial charge in [-0.15, -0.1) is 0 Å². The molecular weight excluding hydrogens is 143 g/mol. The smallest absolute Gasteiger partial charge is 0.142 e. The molecular formula is C8H5FN2. The van der Waals surface area contributed by atoms with Crippen molar-refractivity contribution in [3.63, 3.8) is 0 Å². The monoisotopic (exact) mass is 148 g/mol. The molecule has 54 valence electrons. The summed E-state index contributed by atoms with van der Waals surface area (Å²) in [6.07, 6.45) is 4.42. The molecule has 0 fully saturated rings. The van der Waals surface area contributed by atoms with E-state index in [-0.39, 0.29) is 5.82 Å². The largest absolute Gasteiger partial charge is 0.264 e. The minimum atomic E-state index is -0.328. The Balaban J connectivity index is 2.83. The molecule has 0 atom stereocenters. The van der Waals surface area contributed by atoms with Gasteiger partial charge in [-0.3, -0.25) is 9.97 Å². The number of aromatic nitrogens is 2. The van der Waals surface area contributed by atoms with Gasteiger partial charge in [0.1, 0.15) is 5.82 Å². The lowest BCUT2D eigenvalue weighted by atomic mass is 10.3. The lowest BCUT2D eigenvalue weighted by Gasteiger charge is -1.93. The van der Waals surface area contributed by atoms with Crippen LogP contribution in [-0.2, 0) is 0 Å². The van der Waals surface area contributed by atoms with Crippen LogP contribution in [-0.4, -0.2) is 9.97 Å². The van der Waals surface area contributed by atoms with Gasteiger partial charge in [0.25, 0.3) is 0 Å². The van der Waals surface area contributed by atoms with Crippen molar-refractivity contribution in [3.05, 3.63) is 36.5 Å². The van der Waals surface area contributed by atoms with E-state index in [1.54, 1.807) is 18.5 Å². The second-order valence-corrected chi connectivity index (χ2v) is 2.22. The molecule has 0 aliphatic heterocycles. The Kier molecular flexibility index (Phi) is 1.28. The molecule has 11 heavy (non-hydrogen) atoms. The molecule has 0 saturated carbocycles. The molecule has 0 N–H and O–H groups in total. The van der Waals surface area contributed by atoms with E-state index >= 15 is 0 Å². The Bertz CT molecular complexity index is 387. The zero-order valence-electron chi connectivity index (χ0n) is 5.66. The lowest BCUT2D eigenvalue weighted by Crippen LogP contribution is -1.81. The van der Waals surface area contributed by atoms with Gasteiger partial charge in [0.15, 0.2) is 0 Å². The van der Waals surface area contributed by atoms with Gasteiger partial charge < -0.3 is 0 Å². The van der Waals surface area contributed by atoms with Crippen LogP contribution in [0.5, 0.6) is 0 Å². The highest BCUT2D eigenvalue weighted by molar-refractivity contribution is 5.76. The quantitative estimate of drug-likeness (QED) is 0.569. The van der Waals surface area contributed by atoms with Crippen LogP contribution in [0.25, 0.3) is 10.9 Å². The van der Waals surface area contributed by atoms with Crippen molar-refractivity contribution in [2.45, 2.75) is 0 Å². The first-order valence-corrected chi connectivity index (χ1v) is 3.21. The van der Waals surface area contributed by atoms with E-state index in [9.17, 15) is 4.39 Å². The van der Waals surface area contributed by atoms with E-state index in [2.05, 4.69) is 9.97 Å². The summed E-state index contributed by atoms with van der Waals surface area (Å²) >= 11 is 0. The van der Waals surface area contributed by atoms with E-state index in [0.717, 1.165) is 10.9 Å². The van der Waals surface area contributed by atoms with E-state index in [1.807, 2.05) is 0 Å². The molecule has 2 aromatic heterocycles. The minimum absolute atomic E-state index is 0.328. The third-order valence-electron chi connectivity index (χ3n) is 1.45. The molecule has 2 nitrogen and oxygen atoms in total. The second-order valence-electron chi connectivity index (χ2n) is 2.22. The fraction of sp³-hybridized carbons (Fsp3) is 0. The predicted octanol–water partition coefficient (Wildman–Crippen LogP) is 1.77. The van der Waals surface area contributed by atoms with Crippen LogP contribution in [0.15, 0.2) is 30.7 Å². The molecule has 2 aromatic rings. The zero-order chi connectivity index (χ0) is 7.68. The number of rotatable bonds is 0. The van der Waals surface area contributed by atoms with Gasteiger partial charge >= 0.3 is 0 Å². The summed E-state index contributed by atoms with van der Waals surface area (Å²) in [6.45, 7) is 0. The number of hydrogen-bond donors (Lipinski definition) is 0. The summed E-state index contributed by atoms with van der Waals surface area (Å²) < 4.78 is 12.5. The normalized spacial score (nSPS) is 10.3. The third-order valence-corrected chi connectivity index (χ3v) is 1.45. The Labute approximate surface area is 62.7 Å². The number of pyridine rings is 2. The summed E-state index contributed by atoms with van der Waals surface area (Å²) in [5.41, 5.74) is 0.765. The minimum Gasteiger partial charge on any atom is -0.264 e. The van der Waals surface area contributed by atoms with E-state index in [1.165, 1.54) is 12.3 Å². The molecule has 0 unspecified atom stereocenters. The zero-order valence-corrected chi connectivity index (χ0v) is 5.66. The van der Waals surface area contributed by atoms with Gasteiger partial charge in [-0.2, -0.15) is 0 Å². The number of hydrogen-bond acceptors (Lipinski definition) is 2. The Morgan fingerprint density at radius 1 is 1.27 bits per heavy atom. The first kappa shape index (κ1) is 6.22. The Morgan fingerprint density at radius 2 is 2.18 bits per heavy atom. The maximum Gasteiger partial charge on any atom is 0.142 e. The van der Waals surface area contributed by atoms with E-state index in [0.29, 0.717) is 0 Å². The highest BCUT2D eigenvalue weighted by Crippen LogP contribution is 2.09. The van der Waals surface area contributed by atoms with Crippen molar-refractivity contribution in [1.29, 1.82) is 0 Å². The Hall–Kier alpha value is -1.51. The summed E-state index contributed by atoms with van der Waals surface area (Å²) in [7, 11) is 0. The molecule has 0 amide bonds. The van der Waals surface area contributed by atoms with Crippen LogP contribution in [0.2, 0.25) is 0 Å². The third kappa shape index (κ3) is 1.05. The van der Waals surface area contributed by atoms with Crippen LogP contribution in [0.3, 0.4) is 0 Å². The summed E-state index contributed by atoms with van der Waals surface area (Å²) in [5.74, 6) is -0.328. The van der Waals surface area contributed by atoms with Gasteiger partial charge in [-0.1, -0.05) is 0 Å². The molecule has 0 saturated heterocycles. The van der Waals surface area contributed by atoms with Gasteiger partial charge in [0, 0.05) is 17.8 Å². The first-order valence-electron chi connectivity index (χ1n) is 3.21. The summed E-state index contributed by atoms with van der Waals surface area (Å²) in [5, 5.41) is 0.729. The van der Waals surface area contributed by atoms with Crippen molar-refractivity contribution in [1.82, 2.24) is 9.97 Å². The molecule has 2 heterocycles. The van der Waals surface area contributed by atoms with Crippen LogP contribution >= 0.6 is 0 Å². The standard InChI is InChI=1S/C8H5FN2/c9-7-3-6-4-10-2-1-8(6)11-5-7/h1-5H. The molecule has 0 aliphatic carbocycles. The molecule has 2 rings (SSSR count). The molecule has 0 radical (unpaired) electrons. The van der Waals surface area contributed by atoms with Crippen molar-refractivity contribution in [2.24, 2.45) is 0 Å². The van der Waals surface area contributed by atoms with Crippen LogP contribution in [0.4, 0.5) is 4.39 Å². The number of halogens is 1. The number of nitrogens with zero attached hydrogens (tertiary/aromatic N) is 2. The van der Waals surface area contributed by atoms with Crippen molar-refractivity contribution in [2.75, 3.05) is 0 Å². The molecule has 0 aliphatic rings. The second kappa shape index (κ2) is 2.27. The topological polar surface area (TPSA) is 25.8 Å². The summed E-state index contributed by atoms with van der Waals surface area (Å²) in [6, 6.07) is 3.16. The fourth-order valence-corrected chi connectivity index (χ4v) is 0.945. The van der Waals surface area contributed by atoms with Gasteiger partial charge in [-0.05, 0) is 12.1 Å². The van der Waals surface area contributed by atoms with Crippen LogP contribution in [0, 0.1) is 5.82 Å². The van der Waals surface area contributed by atoms with E-state index in [4.69, 9.17) is 0 Å². The van der Waals surface area contributed by atoms with Crippen LogP contribution < -0.4 is 0 Å². The Morgan fingerprint density at radius 3 is 3.09 bits per heavy atom. The highest BCUT2D eigenvalue weighted by atomic mass is 19.1. The molecule has 0 bridgehead atoms. The highest BCUT2D eigenvalue weighted by Gasteiger charge is 1.94. The first-order chi connectivity index (χ1) is 5.36. The van der Waals surface area contributed by atoms with Gasteiger partial charge in [0.05, 0.1) is 11.7 Å². The maximum absolute atomic E-state index is 12.5. The molecule has 3 heteroatoms. The van der Waals surface area contributed by atoms with Crippen molar-refractivity contribution < 1.29 is 4.39 Å². The van der Waals surface area contributed by atoms with Crippen LogP contribution in [0.1, 0.15) is 0 Å². The molecule has 0 spiro atoms. The van der Waals surface area contributed by atoms with Crippen molar-refractivity contribution in [3.8, 4) is 0 Å². The lowest BCUT2D eigenvalue weighted by molar-refractivity contribution is 0.624. The summed E-state index contributed by atoms with van der Waals surface area (Å²) in [4.78, 5) is 7.71. The predicted molar refractivity (Wildman–Crippen MR) is 39.5 cm³/mol. The van der Waals surface area contributed by atoms with E-state index < -0.39 is 0 Å². The molecule has 0 aromatic carbocycles. The average molecular weight is 148 g/mol. The fourth-order valence-electron chi connectivity index (χ4n) is 0.945. The average Bonchev–Trinajstić information content (AvgIpc) is 2.04. The maximum atomic E-state index is 12.5. The number of fused-ring (bicyclic) bond motifs is 1. The SMILES string of the molecule is Fc1cnc2ccncc2c1. The van der Waals surface area contributed by atoms with Gasteiger partial charge in [-0.25, -0.2) is 4.39 Å².